The molecule has 1 unspecified atom stereocenters. The van der Waals surface area contributed by atoms with Crippen molar-refractivity contribution in [3.63, 3.8) is 0 Å². The molecule has 0 saturated carbocycles. The monoisotopic (exact) mass is 339 g/mol. The summed E-state index contributed by atoms with van der Waals surface area (Å²) in [4.78, 5) is 26.2. The number of esters is 1. The van der Waals surface area contributed by atoms with E-state index in [0.717, 1.165) is 12.0 Å². The molecule has 1 aliphatic heterocycles. The highest BCUT2D eigenvalue weighted by Crippen LogP contribution is 2.31. The lowest BCUT2D eigenvalue weighted by Crippen LogP contribution is -2.31. The summed E-state index contributed by atoms with van der Waals surface area (Å²) in [6.45, 7) is 0.609. The van der Waals surface area contributed by atoms with E-state index in [1.807, 2.05) is 18.2 Å². The molecule has 0 N–H and O–H groups in total. The molecule has 2 aromatic rings. The smallest absolute Gasteiger partial charge is 0.339 e. The molecule has 0 spiro atoms. The van der Waals surface area contributed by atoms with Gasteiger partial charge < -0.3 is 14.4 Å². The fraction of sp³-hybridized carbons (Fsp3) is 0.300. The van der Waals surface area contributed by atoms with Crippen LogP contribution in [0, 0.1) is 0 Å². The number of hydrogen-bond acceptors (Lipinski definition) is 4. The number of ether oxygens (including phenoxy) is 2. The number of rotatable bonds is 4. The van der Waals surface area contributed by atoms with E-state index in [-0.39, 0.29) is 18.4 Å². The van der Waals surface area contributed by atoms with Gasteiger partial charge in [0.25, 0.3) is 0 Å². The SMILES string of the molecule is COC(=O)c1ccccc1N(C)C(=O)CC1OCCc2ccccc21. The molecule has 0 bridgehead atoms. The quantitative estimate of drug-likeness (QED) is 0.803. The van der Waals surface area contributed by atoms with E-state index in [4.69, 9.17) is 9.47 Å². The second kappa shape index (κ2) is 7.49. The van der Waals surface area contributed by atoms with Gasteiger partial charge in [-0.3, -0.25) is 4.79 Å². The zero-order chi connectivity index (χ0) is 17.8. The van der Waals surface area contributed by atoms with Crippen molar-refractivity contribution in [3.8, 4) is 0 Å². The maximum atomic E-state index is 12.8. The summed E-state index contributed by atoms with van der Waals surface area (Å²) >= 11 is 0. The Balaban J connectivity index is 1.80. The summed E-state index contributed by atoms with van der Waals surface area (Å²) in [6.07, 6.45) is 0.829. The number of fused-ring (bicyclic) bond motifs is 1. The number of anilines is 1. The van der Waals surface area contributed by atoms with E-state index >= 15 is 0 Å². The number of benzene rings is 2. The van der Waals surface area contributed by atoms with Crippen molar-refractivity contribution in [3.05, 3.63) is 65.2 Å². The Labute approximate surface area is 147 Å². The van der Waals surface area contributed by atoms with Gasteiger partial charge in [0.15, 0.2) is 0 Å². The van der Waals surface area contributed by atoms with E-state index in [1.54, 1.807) is 31.3 Å². The molecule has 1 amide bonds. The van der Waals surface area contributed by atoms with Crippen molar-refractivity contribution in [2.24, 2.45) is 0 Å². The number of carbonyl (C=O) groups is 2. The standard InChI is InChI=1S/C20H21NO4/c1-21(17-10-6-5-9-16(17)20(23)24-2)19(22)13-18-15-8-4-3-7-14(15)11-12-25-18/h3-10,18H,11-13H2,1-2H3. The van der Waals surface area contributed by atoms with Crippen LogP contribution in [0.2, 0.25) is 0 Å². The number of hydrogen-bond donors (Lipinski definition) is 0. The van der Waals surface area contributed by atoms with E-state index in [1.165, 1.54) is 17.6 Å². The van der Waals surface area contributed by atoms with Crippen molar-refractivity contribution in [1.29, 1.82) is 0 Å². The van der Waals surface area contributed by atoms with Crippen LogP contribution < -0.4 is 4.90 Å². The van der Waals surface area contributed by atoms with E-state index in [0.29, 0.717) is 17.9 Å². The van der Waals surface area contributed by atoms with Crippen molar-refractivity contribution in [2.75, 3.05) is 25.7 Å². The molecule has 0 aliphatic carbocycles. The van der Waals surface area contributed by atoms with Crippen molar-refractivity contribution in [2.45, 2.75) is 18.9 Å². The van der Waals surface area contributed by atoms with Crippen LogP contribution >= 0.6 is 0 Å². The van der Waals surface area contributed by atoms with Crippen LogP contribution in [0.5, 0.6) is 0 Å². The number of para-hydroxylation sites is 1. The summed E-state index contributed by atoms with van der Waals surface area (Å²) in [5.74, 6) is -0.576. The topological polar surface area (TPSA) is 55.8 Å². The second-order valence-electron chi connectivity index (χ2n) is 5.97. The molecule has 3 rings (SSSR count). The minimum absolute atomic E-state index is 0.113. The molecule has 5 nitrogen and oxygen atoms in total. The van der Waals surface area contributed by atoms with Crippen molar-refractivity contribution in [1.82, 2.24) is 0 Å². The molecule has 1 atom stereocenters. The maximum Gasteiger partial charge on any atom is 0.339 e. The van der Waals surface area contributed by atoms with E-state index in [2.05, 4.69) is 6.07 Å². The molecule has 130 valence electrons. The second-order valence-corrected chi connectivity index (χ2v) is 5.97. The zero-order valence-corrected chi connectivity index (χ0v) is 14.4. The van der Waals surface area contributed by atoms with Gasteiger partial charge in [-0.15, -0.1) is 0 Å². The number of carbonyl (C=O) groups excluding carboxylic acids is 2. The van der Waals surface area contributed by atoms with Crippen molar-refractivity contribution >= 4 is 17.6 Å². The Kier molecular flexibility index (Phi) is 5.14. The van der Waals surface area contributed by atoms with Gasteiger partial charge in [0.05, 0.1) is 37.5 Å². The molecule has 0 saturated heterocycles. The third kappa shape index (κ3) is 3.56. The first kappa shape index (κ1) is 17.2. The minimum Gasteiger partial charge on any atom is -0.465 e. The first-order valence-corrected chi connectivity index (χ1v) is 8.25. The van der Waals surface area contributed by atoms with Crippen LogP contribution in [0.15, 0.2) is 48.5 Å². The summed E-state index contributed by atoms with van der Waals surface area (Å²) in [5, 5.41) is 0. The zero-order valence-electron chi connectivity index (χ0n) is 14.4. The fourth-order valence-electron chi connectivity index (χ4n) is 3.12. The molecular formula is C20H21NO4. The minimum atomic E-state index is -0.463. The lowest BCUT2D eigenvalue weighted by Gasteiger charge is -2.28. The first-order chi connectivity index (χ1) is 12.1. The van der Waals surface area contributed by atoms with Crippen LogP contribution in [0.25, 0.3) is 0 Å². The molecule has 2 aromatic carbocycles. The Morgan fingerprint density at radius 1 is 1.16 bits per heavy atom. The third-order valence-corrected chi connectivity index (χ3v) is 4.50. The highest BCUT2D eigenvalue weighted by molar-refractivity contribution is 6.02. The molecular weight excluding hydrogens is 318 g/mol. The number of methoxy groups -OCH3 is 1. The fourth-order valence-corrected chi connectivity index (χ4v) is 3.12. The summed E-state index contributed by atoms with van der Waals surface area (Å²) in [5.41, 5.74) is 3.19. The third-order valence-electron chi connectivity index (χ3n) is 4.50. The Morgan fingerprint density at radius 2 is 1.88 bits per heavy atom. The molecule has 25 heavy (non-hydrogen) atoms. The Morgan fingerprint density at radius 3 is 2.68 bits per heavy atom. The van der Waals surface area contributed by atoms with Gasteiger partial charge in [-0.2, -0.15) is 0 Å². The predicted octanol–water partition coefficient (Wildman–Crippen LogP) is 3.14. The van der Waals surface area contributed by atoms with Gasteiger partial charge in [0.1, 0.15) is 0 Å². The largest absolute Gasteiger partial charge is 0.465 e. The first-order valence-electron chi connectivity index (χ1n) is 8.25. The molecule has 0 aromatic heterocycles. The normalized spacial score (nSPS) is 16.0. The van der Waals surface area contributed by atoms with Gasteiger partial charge in [0, 0.05) is 7.05 Å². The highest BCUT2D eigenvalue weighted by atomic mass is 16.5. The Bertz CT molecular complexity index is 787. The molecule has 0 radical (unpaired) electrons. The summed E-state index contributed by atoms with van der Waals surface area (Å²) in [6, 6.07) is 15.0. The van der Waals surface area contributed by atoms with Crippen LogP contribution in [0.4, 0.5) is 5.69 Å². The number of amides is 1. The number of nitrogens with zero attached hydrogens (tertiary/aromatic N) is 1. The van der Waals surface area contributed by atoms with Crippen LogP contribution in [0.1, 0.15) is 34.0 Å². The van der Waals surface area contributed by atoms with Gasteiger partial charge in [0.2, 0.25) is 5.91 Å². The van der Waals surface area contributed by atoms with Crippen LogP contribution in [-0.4, -0.2) is 32.6 Å². The maximum absolute atomic E-state index is 12.8. The molecule has 0 fully saturated rings. The molecule has 1 heterocycles. The molecule has 1 aliphatic rings. The highest BCUT2D eigenvalue weighted by Gasteiger charge is 2.26. The van der Waals surface area contributed by atoms with Gasteiger partial charge in [-0.25, -0.2) is 4.79 Å². The van der Waals surface area contributed by atoms with Gasteiger partial charge in [-0.05, 0) is 29.7 Å². The average molecular weight is 339 g/mol. The van der Waals surface area contributed by atoms with Gasteiger partial charge >= 0.3 is 5.97 Å². The predicted molar refractivity (Wildman–Crippen MR) is 94.6 cm³/mol. The van der Waals surface area contributed by atoms with E-state index in [9.17, 15) is 9.59 Å². The summed E-state index contributed by atoms with van der Waals surface area (Å²) in [7, 11) is 2.99. The Hall–Kier alpha value is -2.66. The lowest BCUT2D eigenvalue weighted by atomic mass is 9.95. The molecule has 5 heteroatoms. The van der Waals surface area contributed by atoms with E-state index < -0.39 is 5.97 Å². The average Bonchev–Trinajstić information content (AvgIpc) is 2.67. The van der Waals surface area contributed by atoms with Crippen LogP contribution in [0.3, 0.4) is 0 Å². The summed E-state index contributed by atoms with van der Waals surface area (Å²) < 4.78 is 10.6. The van der Waals surface area contributed by atoms with Crippen LogP contribution in [-0.2, 0) is 20.7 Å². The lowest BCUT2D eigenvalue weighted by molar-refractivity contribution is -0.121. The van der Waals surface area contributed by atoms with Crippen molar-refractivity contribution < 1.29 is 19.1 Å². The van der Waals surface area contributed by atoms with Gasteiger partial charge in [-0.1, -0.05) is 36.4 Å².